The van der Waals surface area contributed by atoms with Crippen LogP contribution in [0.2, 0.25) is 0 Å². The Balaban J connectivity index is 2.38. The summed E-state index contributed by atoms with van der Waals surface area (Å²) in [7, 11) is 0. The summed E-state index contributed by atoms with van der Waals surface area (Å²) in [6.45, 7) is 4.52. The van der Waals surface area contributed by atoms with Crippen LogP contribution >= 0.6 is 11.3 Å². The monoisotopic (exact) mass is 285 g/mol. The number of hydrogen-bond donors (Lipinski definition) is 3. The molecule has 0 fully saturated rings. The van der Waals surface area contributed by atoms with Crippen LogP contribution in [0.15, 0.2) is 5.38 Å². The molecule has 0 bridgehead atoms. The van der Waals surface area contributed by atoms with Crippen molar-refractivity contribution in [2.45, 2.75) is 39.2 Å². The quantitative estimate of drug-likeness (QED) is 0.671. The summed E-state index contributed by atoms with van der Waals surface area (Å²) in [5.74, 6) is -1.06. The zero-order chi connectivity index (χ0) is 14.3. The fourth-order valence-electron chi connectivity index (χ4n) is 1.47. The second kappa shape index (κ2) is 7.73. The fourth-order valence-corrected chi connectivity index (χ4v) is 2.27. The molecule has 1 unspecified atom stereocenters. The number of urea groups is 1. The number of hydrogen-bond acceptors (Lipinski definition) is 4. The smallest absolute Gasteiger partial charge is 0.355 e. The Bertz CT molecular complexity index is 434. The van der Waals surface area contributed by atoms with Gasteiger partial charge >= 0.3 is 12.0 Å². The lowest BCUT2D eigenvalue weighted by atomic mass is 10.2. The molecule has 7 heteroatoms. The second-order valence-electron chi connectivity index (χ2n) is 4.21. The summed E-state index contributed by atoms with van der Waals surface area (Å²) in [5.41, 5.74) is 0.0111. The van der Waals surface area contributed by atoms with Gasteiger partial charge in [-0.15, -0.1) is 11.3 Å². The maximum Gasteiger partial charge on any atom is 0.355 e. The zero-order valence-corrected chi connectivity index (χ0v) is 11.9. The molecule has 0 aliphatic heterocycles. The highest BCUT2D eigenvalue weighted by Crippen LogP contribution is 2.17. The highest BCUT2D eigenvalue weighted by atomic mass is 32.1. The third-order valence-corrected chi connectivity index (χ3v) is 3.55. The van der Waals surface area contributed by atoms with Crippen molar-refractivity contribution in [2.24, 2.45) is 0 Å². The van der Waals surface area contributed by atoms with Crippen molar-refractivity contribution < 1.29 is 14.7 Å². The normalized spacial score (nSPS) is 11.9. The maximum atomic E-state index is 11.6. The average molecular weight is 285 g/mol. The van der Waals surface area contributed by atoms with Gasteiger partial charge in [0.1, 0.15) is 5.01 Å². The van der Waals surface area contributed by atoms with Crippen LogP contribution in [0, 0.1) is 0 Å². The van der Waals surface area contributed by atoms with Gasteiger partial charge in [0.2, 0.25) is 0 Å². The Hall–Kier alpha value is -1.63. The van der Waals surface area contributed by atoms with Crippen LogP contribution in [0.3, 0.4) is 0 Å². The maximum absolute atomic E-state index is 11.6. The van der Waals surface area contributed by atoms with E-state index in [1.54, 1.807) is 6.92 Å². The molecule has 0 radical (unpaired) electrons. The van der Waals surface area contributed by atoms with Crippen molar-refractivity contribution >= 4 is 23.3 Å². The van der Waals surface area contributed by atoms with Crippen LogP contribution < -0.4 is 10.6 Å². The number of aromatic carboxylic acids is 1. The number of nitrogens with zero attached hydrogens (tertiary/aromatic N) is 1. The molecule has 1 heterocycles. The lowest BCUT2D eigenvalue weighted by molar-refractivity contribution is 0.0691. The number of thiazole rings is 1. The molecule has 1 atom stereocenters. The average Bonchev–Trinajstić information content (AvgIpc) is 2.84. The van der Waals surface area contributed by atoms with Gasteiger partial charge in [-0.1, -0.05) is 19.8 Å². The first kappa shape index (κ1) is 15.4. The van der Waals surface area contributed by atoms with Gasteiger partial charge in [0.15, 0.2) is 5.69 Å². The van der Waals surface area contributed by atoms with Crippen LogP contribution in [0.4, 0.5) is 4.79 Å². The standard InChI is InChI=1S/C12H19N3O3S/c1-3-4-5-6-13-12(18)14-8(2)10-15-9(7-19-10)11(16)17/h7-8H,3-6H2,1-2H3,(H,16,17)(H2,13,14,18). The molecular formula is C12H19N3O3S. The van der Waals surface area contributed by atoms with Crippen LogP contribution in [-0.2, 0) is 0 Å². The Morgan fingerprint density at radius 1 is 1.47 bits per heavy atom. The molecular weight excluding hydrogens is 266 g/mol. The van der Waals surface area contributed by atoms with Crippen LogP contribution in [-0.4, -0.2) is 28.6 Å². The lowest BCUT2D eigenvalue weighted by Crippen LogP contribution is -2.37. The van der Waals surface area contributed by atoms with Gasteiger partial charge in [-0.05, 0) is 13.3 Å². The third-order valence-electron chi connectivity index (χ3n) is 2.52. The first-order chi connectivity index (χ1) is 9.04. The molecule has 0 aromatic carbocycles. The number of rotatable bonds is 7. The van der Waals surface area contributed by atoms with Gasteiger partial charge in [-0.3, -0.25) is 0 Å². The van der Waals surface area contributed by atoms with Crippen molar-refractivity contribution in [1.82, 2.24) is 15.6 Å². The minimum atomic E-state index is -1.06. The Morgan fingerprint density at radius 3 is 2.79 bits per heavy atom. The van der Waals surface area contributed by atoms with Crippen molar-refractivity contribution in [3.05, 3.63) is 16.1 Å². The van der Waals surface area contributed by atoms with Crippen LogP contribution in [0.25, 0.3) is 0 Å². The van der Waals surface area contributed by atoms with E-state index in [1.165, 1.54) is 16.7 Å². The predicted octanol–water partition coefficient (Wildman–Crippen LogP) is 2.39. The summed E-state index contributed by atoms with van der Waals surface area (Å²) >= 11 is 1.23. The predicted molar refractivity (Wildman–Crippen MR) is 73.5 cm³/mol. The van der Waals surface area contributed by atoms with Gasteiger partial charge in [0, 0.05) is 11.9 Å². The highest BCUT2D eigenvalue weighted by Gasteiger charge is 2.15. The van der Waals surface area contributed by atoms with Crippen LogP contribution in [0.1, 0.15) is 54.6 Å². The molecule has 1 rings (SSSR count). The van der Waals surface area contributed by atoms with Crippen molar-refractivity contribution in [2.75, 3.05) is 6.54 Å². The number of carboxylic acid groups (broad SMARTS) is 1. The summed E-state index contributed by atoms with van der Waals surface area (Å²) in [5, 5.41) is 16.3. The Morgan fingerprint density at radius 2 is 2.21 bits per heavy atom. The van der Waals surface area contributed by atoms with E-state index in [2.05, 4.69) is 22.5 Å². The minimum Gasteiger partial charge on any atom is -0.476 e. The summed E-state index contributed by atoms with van der Waals surface area (Å²) in [6, 6.07) is -0.556. The molecule has 0 spiro atoms. The van der Waals surface area contributed by atoms with Gasteiger partial charge in [-0.25, -0.2) is 14.6 Å². The molecule has 0 aliphatic rings. The number of nitrogens with one attached hydrogen (secondary N) is 2. The Kier molecular flexibility index (Phi) is 6.27. The second-order valence-corrected chi connectivity index (χ2v) is 5.09. The van der Waals surface area contributed by atoms with E-state index in [0.717, 1.165) is 19.3 Å². The molecule has 1 aromatic rings. The van der Waals surface area contributed by atoms with Gasteiger partial charge in [-0.2, -0.15) is 0 Å². The van der Waals surface area contributed by atoms with Gasteiger partial charge in [0.05, 0.1) is 6.04 Å². The molecule has 106 valence electrons. The number of aromatic nitrogens is 1. The SMILES string of the molecule is CCCCCNC(=O)NC(C)c1nc(C(=O)O)cs1. The topological polar surface area (TPSA) is 91.3 Å². The summed E-state index contributed by atoms with van der Waals surface area (Å²) in [6.07, 6.45) is 3.15. The number of amides is 2. The minimum absolute atomic E-state index is 0.0111. The molecule has 6 nitrogen and oxygen atoms in total. The van der Waals surface area contributed by atoms with E-state index < -0.39 is 5.97 Å². The van der Waals surface area contributed by atoms with Gasteiger partial charge < -0.3 is 15.7 Å². The van der Waals surface area contributed by atoms with E-state index in [9.17, 15) is 9.59 Å². The zero-order valence-electron chi connectivity index (χ0n) is 11.1. The van der Waals surface area contributed by atoms with E-state index in [-0.39, 0.29) is 17.8 Å². The molecule has 0 saturated carbocycles. The van der Waals surface area contributed by atoms with Crippen molar-refractivity contribution in [3.63, 3.8) is 0 Å². The molecule has 0 aliphatic carbocycles. The third kappa shape index (κ3) is 5.25. The number of carboxylic acids is 1. The van der Waals surface area contributed by atoms with Gasteiger partial charge in [0.25, 0.3) is 0 Å². The van der Waals surface area contributed by atoms with Crippen LogP contribution in [0.5, 0.6) is 0 Å². The molecule has 0 saturated heterocycles. The first-order valence-corrected chi connectivity index (χ1v) is 7.15. The number of carbonyl (C=O) groups is 2. The number of carbonyl (C=O) groups excluding carboxylic acids is 1. The molecule has 3 N–H and O–H groups in total. The Labute approximate surface area is 116 Å². The largest absolute Gasteiger partial charge is 0.476 e. The van der Waals surface area contributed by atoms with E-state index in [1.807, 2.05) is 0 Å². The van der Waals surface area contributed by atoms with E-state index in [0.29, 0.717) is 11.6 Å². The number of unbranched alkanes of at least 4 members (excludes halogenated alkanes) is 2. The lowest BCUT2D eigenvalue weighted by Gasteiger charge is -2.12. The van der Waals surface area contributed by atoms with Crippen molar-refractivity contribution in [1.29, 1.82) is 0 Å². The van der Waals surface area contributed by atoms with E-state index >= 15 is 0 Å². The molecule has 19 heavy (non-hydrogen) atoms. The highest BCUT2D eigenvalue weighted by molar-refractivity contribution is 7.09. The fraction of sp³-hybridized carbons (Fsp3) is 0.583. The molecule has 1 aromatic heterocycles. The van der Waals surface area contributed by atoms with Crippen molar-refractivity contribution in [3.8, 4) is 0 Å². The summed E-state index contributed by atoms with van der Waals surface area (Å²) in [4.78, 5) is 26.2. The first-order valence-electron chi connectivity index (χ1n) is 6.27. The van der Waals surface area contributed by atoms with E-state index in [4.69, 9.17) is 5.11 Å². The summed E-state index contributed by atoms with van der Waals surface area (Å²) < 4.78 is 0. The molecule has 2 amide bonds.